The Kier molecular flexibility index (Phi) is 5.65. The fourth-order valence-corrected chi connectivity index (χ4v) is 2.58. The highest BCUT2D eigenvalue weighted by Crippen LogP contribution is 2.21. The Labute approximate surface area is 146 Å². The third kappa shape index (κ3) is 4.36. The fraction of sp³-hybridized carbons (Fsp3) is 0.444. The zero-order valence-corrected chi connectivity index (χ0v) is 14.5. The number of halogens is 1. The second kappa shape index (κ2) is 8.11. The van der Waals surface area contributed by atoms with E-state index in [4.69, 9.17) is 14.2 Å². The van der Waals surface area contributed by atoms with Gasteiger partial charge < -0.3 is 19.1 Å². The van der Waals surface area contributed by atoms with Crippen LogP contribution in [-0.2, 0) is 17.8 Å². The van der Waals surface area contributed by atoms with Gasteiger partial charge in [-0.15, -0.1) is 0 Å². The van der Waals surface area contributed by atoms with E-state index in [-0.39, 0.29) is 12.4 Å². The standard InChI is InChI=1S/C18H22FN3O3/c1-3-14-11-17(21-18(20-14)22-6-8-24-9-7-22)25-12-13-4-5-16(23-2)15(19)10-13/h4-5,10-11H,3,6-9,12H2,1-2H3. The van der Waals surface area contributed by atoms with Gasteiger partial charge in [0.15, 0.2) is 11.6 Å². The lowest BCUT2D eigenvalue weighted by molar-refractivity contribution is 0.122. The molecule has 134 valence electrons. The van der Waals surface area contributed by atoms with Crippen molar-refractivity contribution in [2.45, 2.75) is 20.0 Å². The summed E-state index contributed by atoms with van der Waals surface area (Å²) in [5.74, 6) is 0.950. The van der Waals surface area contributed by atoms with E-state index in [9.17, 15) is 4.39 Å². The van der Waals surface area contributed by atoms with Gasteiger partial charge in [0.05, 0.1) is 20.3 Å². The highest BCUT2D eigenvalue weighted by Gasteiger charge is 2.16. The molecule has 1 aliphatic heterocycles. The summed E-state index contributed by atoms with van der Waals surface area (Å²) in [6.45, 7) is 5.12. The highest BCUT2D eigenvalue weighted by molar-refractivity contribution is 5.35. The Morgan fingerprint density at radius 1 is 1.20 bits per heavy atom. The first kappa shape index (κ1) is 17.4. The maximum Gasteiger partial charge on any atom is 0.229 e. The molecule has 1 fully saturated rings. The summed E-state index contributed by atoms with van der Waals surface area (Å²) in [6.07, 6.45) is 0.785. The van der Waals surface area contributed by atoms with Crippen LogP contribution in [0.15, 0.2) is 24.3 Å². The average Bonchev–Trinajstić information content (AvgIpc) is 2.67. The van der Waals surface area contributed by atoms with E-state index in [0.717, 1.165) is 25.2 Å². The molecule has 0 spiro atoms. The molecule has 6 nitrogen and oxygen atoms in total. The van der Waals surface area contributed by atoms with Crippen LogP contribution in [-0.4, -0.2) is 43.4 Å². The minimum Gasteiger partial charge on any atom is -0.494 e. The molecule has 0 atom stereocenters. The van der Waals surface area contributed by atoms with E-state index in [1.807, 2.05) is 13.0 Å². The molecule has 0 amide bonds. The van der Waals surface area contributed by atoms with Crippen LogP contribution < -0.4 is 14.4 Å². The molecule has 0 aliphatic carbocycles. The maximum absolute atomic E-state index is 13.8. The molecule has 0 N–H and O–H groups in total. The first-order chi connectivity index (χ1) is 12.2. The van der Waals surface area contributed by atoms with E-state index >= 15 is 0 Å². The molecular formula is C18H22FN3O3. The summed E-state index contributed by atoms with van der Waals surface area (Å²) in [5, 5.41) is 0. The predicted octanol–water partition coefficient (Wildman–Crippen LogP) is 2.60. The van der Waals surface area contributed by atoms with Gasteiger partial charge in [-0.05, 0) is 24.1 Å². The van der Waals surface area contributed by atoms with Crippen LogP contribution in [0.1, 0.15) is 18.2 Å². The van der Waals surface area contributed by atoms with Crippen molar-refractivity contribution in [1.82, 2.24) is 9.97 Å². The second-order valence-electron chi connectivity index (χ2n) is 5.71. The number of rotatable bonds is 6. The molecule has 0 bridgehead atoms. The van der Waals surface area contributed by atoms with E-state index in [1.165, 1.54) is 13.2 Å². The van der Waals surface area contributed by atoms with Crippen LogP contribution in [0.3, 0.4) is 0 Å². The van der Waals surface area contributed by atoms with E-state index in [1.54, 1.807) is 12.1 Å². The van der Waals surface area contributed by atoms with Gasteiger partial charge >= 0.3 is 0 Å². The Balaban J connectivity index is 1.73. The minimum atomic E-state index is -0.408. The monoisotopic (exact) mass is 347 g/mol. The number of methoxy groups -OCH3 is 1. The number of hydrogen-bond donors (Lipinski definition) is 0. The van der Waals surface area contributed by atoms with Crippen LogP contribution in [0.2, 0.25) is 0 Å². The van der Waals surface area contributed by atoms with Gasteiger partial charge in [0, 0.05) is 24.8 Å². The van der Waals surface area contributed by atoms with Crippen molar-refractivity contribution in [1.29, 1.82) is 0 Å². The lowest BCUT2D eigenvalue weighted by Crippen LogP contribution is -2.37. The SMILES string of the molecule is CCc1cc(OCc2ccc(OC)c(F)c2)nc(N2CCOCC2)n1. The molecule has 3 rings (SSSR count). The van der Waals surface area contributed by atoms with Gasteiger partial charge in [0.25, 0.3) is 0 Å². The normalized spacial score (nSPS) is 14.4. The third-order valence-electron chi connectivity index (χ3n) is 4.00. The zero-order chi connectivity index (χ0) is 17.6. The Hall–Kier alpha value is -2.41. The molecular weight excluding hydrogens is 325 g/mol. The molecule has 1 aromatic carbocycles. The molecule has 2 heterocycles. The Morgan fingerprint density at radius 3 is 2.68 bits per heavy atom. The van der Waals surface area contributed by atoms with Crippen molar-refractivity contribution in [3.8, 4) is 11.6 Å². The van der Waals surface area contributed by atoms with Crippen LogP contribution in [0.25, 0.3) is 0 Å². The van der Waals surface area contributed by atoms with Gasteiger partial charge in [0.1, 0.15) is 6.61 Å². The molecule has 0 unspecified atom stereocenters. The topological polar surface area (TPSA) is 56.7 Å². The van der Waals surface area contributed by atoms with Crippen molar-refractivity contribution in [3.05, 3.63) is 41.3 Å². The number of ether oxygens (including phenoxy) is 3. The number of morpholine rings is 1. The third-order valence-corrected chi connectivity index (χ3v) is 4.00. The summed E-state index contributed by atoms with van der Waals surface area (Å²) in [5.41, 5.74) is 1.62. The highest BCUT2D eigenvalue weighted by atomic mass is 19.1. The predicted molar refractivity (Wildman–Crippen MR) is 91.7 cm³/mol. The summed E-state index contributed by atoms with van der Waals surface area (Å²) in [6, 6.07) is 6.59. The zero-order valence-electron chi connectivity index (χ0n) is 14.5. The largest absolute Gasteiger partial charge is 0.494 e. The van der Waals surface area contributed by atoms with Crippen LogP contribution >= 0.6 is 0 Å². The molecule has 25 heavy (non-hydrogen) atoms. The summed E-state index contributed by atoms with van der Waals surface area (Å²) in [4.78, 5) is 11.2. The number of benzene rings is 1. The van der Waals surface area contributed by atoms with Crippen LogP contribution in [0, 0.1) is 5.82 Å². The maximum atomic E-state index is 13.8. The van der Waals surface area contributed by atoms with Crippen LogP contribution in [0.5, 0.6) is 11.6 Å². The van der Waals surface area contributed by atoms with Crippen molar-refractivity contribution in [3.63, 3.8) is 0 Å². The molecule has 0 saturated carbocycles. The fourth-order valence-electron chi connectivity index (χ4n) is 2.58. The minimum absolute atomic E-state index is 0.216. The number of aryl methyl sites for hydroxylation is 1. The molecule has 1 aliphatic rings. The van der Waals surface area contributed by atoms with Crippen molar-refractivity contribution >= 4 is 5.95 Å². The average molecular weight is 347 g/mol. The smallest absolute Gasteiger partial charge is 0.229 e. The van der Waals surface area contributed by atoms with Crippen LogP contribution in [0.4, 0.5) is 10.3 Å². The van der Waals surface area contributed by atoms with Gasteiger partial charge in [-0.25, -0.2) is 9.37 Å². The molecule has 0 radical (unpaired) electrons. The lowest BCUT2D eigenvalue weighted by Gasteiger charge is -2.27. The number of aromatic nitrogens is 2. The van der Waals surface area contributed by atoms with E-state index in [0.29, 0.717) is 30.6 Å². The first-order valence-corrected chi connectivity index (χ1v) is 8.35. The number of hydrogen-bond acceptors (Lipinski definition) is 6. The van der Waals surface area contributed by atoms with Crippen molar-refractivity contribution in [2.75, 3.05) is 38.3 Å². The molecule has 1 saturated heterocycles. The van der Waals surface area contributed by atoms with Gasteiger partial charge in [-0.3, -0.25) is 0 Å². The Bertz CT molecular complexity index is 721. The molecule has 1 aromatic heterocycles. The number of nitrogens with zero attached hydrogens (tertiary/aromatic N) is 3. The van der Waals surface area contributed by atoms with E-state index < -0.39 is 5.82 Å². The summed E-state index contributed by atoms with van der Waals surface area (Å²) < 4.78 is 29.8. The molecule has 7 heteroatoms. The molecule has 2 aromatic rings. The van der Waals surface area contributed by atoms with Gasteiger partial charge in [-0.2, -0.15) is 4.98 Å². The number of anilines is 1. The van der Waals surface area contributed by atoms with Gasteiger partial charge in [0.2, 0.25) is 11.8 Å². The lowest BCUT2D eigenvalue weighted by atomic mass is 10.2. The van der Waals surface area contributed by atoms with E-state index in [2.05, 4.69) is 14.9 Å². The summed E-state index contributed by atoms with van der Waals surface area (Å²) in [7, 11) is 1.44. The Morgan fingerprint density at radius 2 is 2.00 bits per heavy atom. The quantitative estimate of drug-likeness (QED) is 0.801. The van der Waals surface area contributed by atoms with Gasteiger partial charge in [-0.1, -0.05) is 13.0 Å². The summed E-state index contributed by atoms with van der Waals surface area (Å²) >= 11 is 0. The second-order valence-corrected chi connectivity index (χ2v) is 5.71. The first-order valence-electron chi connectivity index (χ1n) is 8.35. The van der Waals surface area contributed by atoms with Crippen molar-refractivity contribution < 1.29 is 18.6 Å². The van der Waals surface area contributed by atoms with Crippen molar-refractivity contribution in [2.24, 2.45) is 0 Å².